The van der Waals surface area contributed by atoms with Crippen LogP contribution in [-0.2, 0) is 0 Å². The summed E-state index contributed by atoms with van der Waals surface area (Å²) < 4.78 is 0. The maximum Gasteiger partial charge on any atom is -0.0132 e. The molecule has 0 amide bonds. The molecule has 88 valence electrons. The minimum Gasteiger partial charge on any atom is -0.0617 e. The lowest BCUT2D eigenvalue weighted by Gasteiger charge is -2.22. The molecule has 0 aromatic heterocycles. The van der Waals surface area contributed by atoms with E-state index in [2.05, 4.69) is 78.0 Å². The zero-order chi connectivity index (χ0) is 12.4. The first-order valence-electron chi connectivity index (χ1n) is 5.99. The maximum atomic E-state index is 2.24. The summed E-state index contributed by atoms with van der Waals surface area (Å²) in [7, 11) is 0. The van der Waals surface area contributed by atoms with Crippen molar-refractivity contribution in [3.63, 3.8) is 0 Å². The Balaban J connectivity index is 2.98. The summed E-state index contributed by atoms with van der Waals surface area (Å²) in [5.41, 5.74) is 3.17. The van der Waals surface area contributed by atoms with Gasteiger partial charge in [-0.25, -0.2) is 0 Å². The fraction of sp³-hybridized carbons (Fsp3) is 0.500. The highest BCUT2D eigenvalue weighted by molar-refractivity contribution is 5.39. The lowest BCUT2D eigenvalue weighted by molar-refractivity contribution is 0.513. The molecule has 0 nitrogen and oxygen atoms in total. The van der Waals surface area contributed by atoms with Crippen LogP contribution in [0.25, 0.3) is 0 Å². The van der Waals surface area contributed by atoms with E-state index in [1.165, 1.54) is 11.1 Å². The van der Waals surface area contributed by atoms with Crippen molar-refractivity contribution in [2.24, 2.45) is 10.8 Å². The molecule has 0 spiro atoms. The van der Waals surface area contributed by atoms with Crippen molar-refractivity contribution in [1.82, 2.24) is 0 Å². The van der Waals surface area contributed by atoms with Crippen LogP contribution >= 0.6 is 0 Å². The third kappa shape index (κ3) is 3.52. The molecule has 0 aromatic rings. The molecule has 0 N–H and O–H groups in total. The van der Waals surface area contributed by atoms with E-state index < -0.39 is 0 Å². The smallest absolute Gasteiger partial charge is 0.0132 e. The van der Waals surface area contributed by atoms with Crippen molar-refractivity contribution in [2.45, 2.75) is 41.5 Å². The molecule has 0 unspecified atom stereocenters. The SMILES string of the molecule is CC(C)(C)C1=C/C=C\C(C(C)(C)C)=C/C=C\1. The highest BCUT2D eigenvalue weighted by Crippen LogP contribution is 2.30. The summed E-state index contributed by atoms with van der Waals surface area (Å²) >= 11 is 0. The summed E-state index contributed by atoms with van der Waals surface area (Å²) in [6, 6.07) is 0. The van der Waals surface area contributed by atoms with Gasteiger partial charge in [0.2, 0.25) is 0 Å². The van der Waals surface area contributed by atoms with Gasteiger partial charge in [0.05, 0.1) is 0 Å². The standard InChI is InChI=1S/C16H24/c1-15(2,3)13-9-7-11-14(12-8-10-13)16(4,5)6/h7-12H,1-6H3/b9-7-,10-8?,11-7?,12-8-,13-9?,13-10+,14-11+,14-12?. The van der Waals surface area contributed by atoms with Gasteiger partial charge in [-0.05, 0) is 22.0 Å². The van der Waals surface area contributed by atoms with Crippen LogP contribution in [0.2, 0.25) is 0 Å². The van der Waals surface area contributed by atoms with Gasteiger partial charge >= 0.3 is 0 Å². The lowest BCUT2D eigenvalue weighted by Crippen LogP contribution is -2.09. The first kappa shape index (κ1) is 13.0. The minimum atomic E-state index is 0.216. The number of allylic oxidation sites excluding steroid dienone is 8. The predicted octanol–water partition coefficient (Wildman–Crippen LogP) is 5.06. The molecule has 0 bridgehead atoms. The Morgan fingerprint density at radius 2 is 0.938 bits per heavy atom. The van der Waals surface area contributed by atoms with Crippen molar-refractivity contribution in [1.29, 1.82) is 0 Å². The van der Waals surface area contributed by atoms with E-state index in [-0.39, 0.29) is 10.8 Å². The zero-order valence-corrected chi connectivity index (χ0v) is 11.5. The lowest BCUT2D eigenvalue weighted by atomic mass is 9.82. The Kier molecular flexibility index (Phi) is 3.62. The summed E-state index contributed by atoms with van der Waals surface area (Å²) in [4.78, 5) is 0. The molecule has 0 aliphatic heterocycles. The van der Waals surface area contributed by atoms with Crippen LogP contribution in [0.15, 0.2) is 47.6 Å². The molecule has 0 heteroatoms. The molecule has 0 fully saturated rings. The van der Waals surface area contributed by atoms with Crippen LogP contribution in [0.5, 0.6) is 0 Å². The Hall–Kier alpha value is -1.04. The van der Waals surface area contributed by atoms with Gasteiger partial charge < -0.3 is 0 Å². The largest absolute Gasteiger partial charge is 0.0617 e. The fourth-order valence-electron chi connectivity index (χ4n) is 1.62. The number of rotatable bonds is 0. The van der Waals surface area contributed by atoms with Crippen LogP contribution in [0, 0.1) is 10.8 Å². The van der Waals surface area contributed by atoms with Crippen LogP contribution in [-0.4, -0.2) is 0 Å². The quantitative estimate of drug-likeness (QED) is 0.531. The molecule has 0 radical (unpaired) electrons. The van der Waals surface area contributed by atoms with Crippen LogP contribution in [0.4, 0.5) is 0 Å². The van der Waals surface area contributed by atoms with Gasteiger partial charge in [0.1, 0.15) is 0 Å². The number of hydrogen-bond acceptors (Lipinski definition) is 0. The van der Waals surface area contributed by atoms with E-state index >= 15 is 0 Å². The summed E-state index contributed by atoms with van der Waals surface area (Å²) in [6.07, 6.45) is 13.2. The molecular formula is C16H24. The first-order chi connectivity index (χ1) is 7.21. The van der Waals surface area contributed by atoms with Crippen molar-refractivity contribution in [3.8, 4) is 0 Å². The Morgan fingerprint density at radius 1 is 0.625 bits per heavy atom. The van der Waals surface area contributed by atoms with Crippen molar-refractivity contribution < 1.29 is 0 Å². The Morgan fingerprint density at radius 3 is 1.19 bits per heavy atom. The van der Waals surface area contributed by atoms with E-state index in [1.807, 2.05) is 0 Å². The summed E-state index contributed by atoms with van der Waals surface area (Å²) in [6.45, 7) is 13.5. The molecule has 1 rings (SSSR count). The molecule has 0 aromatic carbocycles. The Bertz CT molecular complexity index is 322. The molecule has 0 atom stereocenters. The van der Waals surface area contributed by atoms with E-state index in [4.69, 9.17) is 0 Å². The molecule has 0 saturated heterocycles. The normalized spacial score (nSPS) is 28.1. The predicted molar refractivity (Wildman–Crippen MR) is 73.4 cm³/mol. The van der Waals surface area contributed by atoms with Gasteiger partial charge in [-0.15, -0.1) is 0 Å². The second-order valence-electron chi connectivity index (χ2n) is 6.46. The van der Waals surface area contributed by atoms with E-state index in [0.29, 0.717) is 0 Å². The average Bonchev–Trinajstić information content (AvgIpc) is 1.96. The first-order valence-corrected chi connectivity index (χ1v) is 5.99. The van der Waals surface area contributed by atoms with Gasteiger partial charge in [0.15, 0.2) is 0 Å². The topological polar surface area (TPSA) is 0 Å². The Labute approximate surface area is 100 Å². The molecule has 0 saturated carbocycles. The van der Waals surface area contributed by atoms with Gasteiger partial charge in [-0.2, -0.15) is 0 Å². The van der Waals surface area contributed by atoms with Crippen LogP contribution in [0.1, 0.15) is 41.5 Å². The van der Waals surface area contributed by atoms with Crippen molar-refractivity contribution >= 4 is 0 Å². The second-order valence-corrected chi connectivity index (χ2v) is 6.46. The monoisotopic (exact) mass is 216 g/mol. The average molecular weight is 216 g/mol. The van der Waals surface area contributed by atoms with Gasteiger partial charge in [0, 0.05) is 0 Å². The van der Waals surface area contributed by atoms with Crippen molar-refractivity contribution in [3.05, 3.63) is 47.6 Å². The molecular weight excluding hydrogens is 192 g/mol. The van der Waals surface area contributed by atoms with Gasteiger partial charge in [-0.1, -0.05) is 78.0 Å². The maximum absolute atomic E-state index is 2.24. The molecule has 16 heavy (non-hydrogen) atoms. The summed E-state index contributed by atoms with van der Waals surface area (Å²) in [5.74, 6) is 0. The highest BCUT2D eigenvalue weighted by Gasteiger charge is 2.16. The van der Waals surface area contributed by atoms with Crippen molar-refractivity contribution in [2.75, 3.05) is 0 Å². The van der Waals surface area contributed by atoms with Crippen LogP contribution in [0.3, 0.4) is 0 Å². The van der Waals surface area contributed by atoms with Gasteiger partial charge in [-0.3, -0.25) is 0 Å². The van der Waals surface area contributed by atoms with E-state index in [0.717, 1.165) is 0 Å². The molecule has 1 aliphatic carbocycles. The molecule has 1 aliphatic rings. The van der Waals surface area contributed by atoms with E-state index in [1.54, 1.807) is 0 Å². The summed E-state index contributed by atoms with van der Waals surface area (Å²) in [5, 5.41) is 0. The highest BCUT2D eigenvalue weighted by atomic mass is 14.2. The third-order valence-electron chi connectivity index (χ3n) is 2.84. The van der Waals surface area contributed by atoms with E-state index in [9.17, 15) is 0 Å². The van der Waals surface area contributed by atoms with Crippen LogP contribution < -0.4 is 0 Å². The second kappa shape index (κ2) is 4.45. The third-order valence-corrected chi connectivity index (χ3v) is 2.84. The van der Waals surface area contributed by atoms with Gasteiger partial charge in [0.25, 0.3) is 0 Å². The number of hydrogen-bond donors (Lipinski definition) is 0. The zero-order valence-electron chi connectivity index (χ0n) is 11.5. The minimum absolute atomic E-state index is 0.216. The fourth-order valence-corrected chi connectivity index (χ4v) is 1.62. The molecule has 0 heterocycles.